The van der Waals surface area contributed by atoms with Crippen LogP contribution in [0.5, 0.6) is 0 Å². The largest absolute Gasteiger partial charge is 0.465 e. The summed E-state index contributed by atoms with van der Waals surface area (Å²) >= 11 is 0. The molecule has 4 nitrogen and oxygen atoms in total. The van der Waals surface area contributed by atoms with Crippen LogP contribution >= 0.6 is 0 Å². The average molecular weight is 244 g/mol. The molecule has 1 heterocycles. The Morgan fingerprint density at radius 3 is 2.61 bits per heavy atom. The van der Waals surface area contributed by atoms with E-state index in [1.807, 2.05) is 24.3 Å². The van der Waals surface area contributed by atoms with Crippen molar-refractivity contribution in [2.75, 3.05) is 13.1 Å². The van der Waals surface area contributed by atoms with Crippen LogP contribution in [0.1, 0.15) is 36.3 Å². The van der Waals surface area contributed by atoms with E-state index in [9.17, 15) is 4.79 Å². The van der Waals surface area contributed by atoms with Crippen molar-refractivity contribution < 1.29 is 9.90 Å². The zero-order valence-electron chi connectivity index (χ0n) is 10.2. The molecule has 2 rings (SSSR count). The molecule has 1 aliphatic rings. The van der Waals surface area contributed by atoms with Gasteiger partial charge in [0, 0.05) is 13.1 Å². The highest BCUT2D eigenvalue weighted by Gasteiger charge is 2.20. The summed E-state index contributed by atoms with van der Waals surface area (Å²) in [6, 6.07) is 9.73. The van der Waals surface area contributed by atoms with Crippen molar-refractivity contribution in [3.8, 4) is 6.07 Å². The van der Waals surface area contributed by atoms with E-state index < -0.39 is 6.09 Å². The quantitative estimate of drug-likeness (QED) is 0.826. The second-order valence-corrected chi connectivity index (χ2v) is 4.63. The van der Waals surface area contributed by atoms with Crippen LogP contribution in [0.3, 0.4) is 0 Å². The molecule has 0 bridgehead atoms. The van der Waals surface area contributed by atoms with Gasteiger partial charge in [-0.1, -0.05) is 12.1 Å². The van der Waals surface area contributed by atoms with Gasteiger partial charge in [-0.2, -0.15) is 5.26 Å². The lowest BCUT2D eigenvalue weighted by Gasteiger charge is -2.16. The third kappa shape index (κ3) is 2.80. The maximum absolute atomic E-state index is 10.9. The highest BCUT2D eigenvalue weighted by molar-refractivity contribution is 5.64. The molecule has 94 valence electrons. The SMILES string of the molecule is N#Cc1ccc(C2CCCN(C(=O)O)CC2)cc1. The van der Waals surface area contributed by atoms with Gasteiger partial charge in [-0.25, -0.2) is 4.79 Å². The summed E-state index contributed by atoms with van der Waals surface area (Å²) in [5.74, 6) is 0.405. The molecule has 1 unspecified atom stereocenters. The lowest BCUT2D eigenvalue weighted by Crippen LogP contribution is -2.30. The van der Waals surface area contributed by atoms with Crippen molar-refractivity contribution in [2.24, 2.45) is 0 Å². The van der Waals surface area contributed by atoms with E-state index in [0.717, 1.165) is 19.3 Å². The van der Waals surface area contributed by atoms with Gasteiger partial charge in [0.05, 0.1) is 11.6 Å². The fourth-order valence-electron chi connectivity index (χ4n) is 2.45. The number of amides is 1. The first-order chi connectivity index (χ1) is 8.70. The lowest BCUT2D eigenvalue weighted by molar-refractivity contribution is 0.147. The molecule has 4 heteroatoms. The lowest BCUT2D eigenvalue weighted by atomic mass is 9.91. The van der Waals surface area contributed by atoms with Gasteiger partial charge in [0.2, 0.25) is 0 Å². The average Bonchev–Trinajstić information content (AvgIpc) is 2.64. The fourth-order valence-corrected chi connectivity index (χ4v) is 2.45. The topological polar surface area (TPSA) is 64.3 Å². The van der Waals surface area contributed by atoms with Crippen LogP contribution in [-0.4, -0.2) is 29.2 Å². The normalized spacial score (nSPS) is 19.9. The summed E-state index contributed by atoms with van der Waals surface area (Å²) < 4.78 is 0. The minimum Gasteiger partial charge on any atom is -0.465 e. The third-order valence-electron chi connectivity index (χ3n) is 3.51. The van der Waals surface area contributed by atoms with Gasteiger partial charge in [-0.3, -0.25) is 0 Å². The molecular formula is C14H16N2O2. The molecule has 1 atom stereocenters. The minimum atomic E-state index is -0.824. The predicted octanol–water partition coefficient (Wildman–Crippen LogP) is 2.81. The Balaban J connectivity index is 2.05. The van der Waals surface area contributed by atoms with E-state index in [2.05, 4.69) is 6.07 Å². The molecule has 1 aliphatic heterocycles. The van der Waals surface area contributed by atoms with Gasteiger partial charge in [0.25, 0.3) is 0 Å². The summed E-state index contributed by atoms with van der Waals surface area (Å²) in [6.45, 7) is 1.22. The van der Waals surface area contributed by atoms with E-state index in [1.165, 1.54) is 10.5 Å². The van der Waals surface area contributed by atoms with Gasteiger partial charge in [-0.15, -0.1) is 0 Å². The minimum absolute atomic E-state index is 0.405. The number of benzene rings is 1. The van der Waals surface area contributed by atoms with Crippen LogP contribution in [0.25, 0.3) is 0 Å². The first-order valence-corrected chi connectivity index (χ1v) is 6.18. The Hall–Kier alpha value is -2.02. The van der Waals surface area contributed by atoms with Gasteiger partial charge in [0.1, 0.15) is 0 Å². The maximum Gasteiger partial charge on any atom is 0.407 e. The number of hydrogen-bond acceptors (Lipinski definition) is 2. The number of hydrogen-bond donors (Lipinski definition) is 1. The standard InChI is InChI=1S/C14H16N2O2/c15-10-11-3-5-13(6-4-11)12-2-1-8-16(9-7-12)14(17)18/h3-6,12H,1-2,7-9H2,(H,17,18). The number of nitrogens with zero attached hydrogens (tertiary/aromatic N) is 2. The zero-order valence-corrected chi connectivity index (χ0v) is 10.2. The number of carbonyl (C=O) groups is 1. The maximum atomic E-state index is 10.9. The Kier molecular flexibility index (Phi) is 3.83. The van der Waals surface area contributed by atoms with Crippen LogP contribution in [0, 0.1) is 11.3 Å². The highest BCUT2D eigenvalue weighted by Crippen LogP contribution is 2.28. The first-order valence-electron chi connectivity index (χ1n) is 6.18. The van der Waals surface area contributed by atoms with Crippen molar-refractivity contribution in [1.82, 2.24) is 4.90 Å². The fraction of sp³-hybridized carbons (Fsp3) is 0.429. The van der Waals surface area contributed by atoms with Crippen LogP contribution in [0.15, 0.2) is 24.3 Å². The number of nitriles is 1. The monoisotopic (exact) mass is 244 g/mol. The van der Waals surface area contributed by atoms with Crippen LogP contribution in [0.4, 0.5) is 4.79 Å². The number of carboxylic acid groups (broad SMARTS) is 1. The second kappa shape index (κ2) is 5.54. The van der Waals surface area contributed by atoms with E-state index in [0.29, 0.717) is 24.6 Å². The Bertz CT molecular complexity index is 462. The molecule has 1 saturated heterocycles. The molecule has 18 heavy (non-hydrogen) atoms. The van der Waals surface area contributed by atoms with Crippen molar-refractivity contribution in [1.29, 1.82) is 5.26 Å². The molecule has 0 radical (unpaired) electrons. The molecule has 0 aliphatic carbocycles. The molecule has 0 spiro atoms. The number of likely N-dealkylation sites (tertiary alicyclic amines) is 1. The highest BCUT2D eigenvalue weighted by atomic mass is 16.4. The molecule has 1 aromatic rings. The van der Waals surface area contributed by atoms with E-state index in [4.69, 9.17) is 10.4 Å². The molecule has 0 aromatic heterocycles. The summed E-state index contributed by atoms with van der Waals surface area (Å²) in [5, 5.41) is 17.7. The predicted molar refractivity (Wildman–Crippen MR) is 67.3 cm³/mol. The molecule has 0 saturated carbocycles. The molecule has 1 fully saturated rings. The summed E-state index contributed by atoms with van der Waals surface area (Å²) in [7, 11) is 0. The Morgan fingerprint density at radius 1 is 1.28 bits per heavy atom. The molecule has 1 amide bonds. The van der Waals surface area contributed by atoms with Crippen LogP contribution < -0.4 is 0 Å². The van der Waals surface area contributed by atoms with Gasteiger partial charge in [0.15, 0.2) is 0 Å². The van der Waals surface area contributed by atoms with E-state index >= 15 is 0 Å². The number of rotatable bonds is 1. The van der Waals surface area contributed by atoms with Crippen LogP contribution in [-0.2, 0) is 0 Å². The second-order valence-electron chi connectivity index (χ2n) is 4.63. The first kappa shape index (κ1) is 12.4. The van der Waals surface area contributed by atoms with Crippen LogP contribution in [0.2, 0.25) is 0 Å². The smallest absolute Gasteiger partial charge is 0.407 e. The third-order valence-corrected chi connectivity index (χ3v) is 3.51. The van der Waals surface area contributed by atoms with Gasteiger partial charge >= 0.3 is 6.09 Å². The van der Waals surface area contributed by atoms with Crippen molar-refractivity contribution >= 4 is 6.09 Å². The summed E-state index contributed by atoms with van der Waals surface area (Å²) in [6.07, 6.45) is 1.95. The van der Waals surface area contributed by atoms with Crippen molar-refractivity contribution in [3.05, 3.63) is 35.4 Å². The van der Waals surface area contributed by atoms with E-state index in [1.54, 1.807) is 0 Å². The zero-order chi connectivity index (χ0) is 13.0. The molecular weight excluding hydrogens is 228 g/mol. The Labute approximate surface area is 106 Å². The van der Waals surface area contributed by atoms with Gasteiger partial charge in [-0.05, 0) is 42.9 Å². The van der Waals surface area contributed by atoms with Gasteiger partial charge < -0.3 is 10.0 Å². The Morgan fingerprint density at radius 2 is 2.00 bits per heavy atom. The summed E-state index contributed by atoms with van der Waals surface area (Å²) in [5.41, 5.74) is 1.88. The molecule has 1 N–H and O–H groups in total. The van der Waals surface area contributed by atoms with E-state index in [-0.39, 0.29) is 0 Å². The van der Waals surface area contributed by atoms with Crippen molar-refractivity contribution in [2.45, 2.75) is 25.2 Å². The van der Waals surface area contributed by atoms with Crippen molar-refractivity contribution in [3.63, 3.8) is 0 Å². The molecule has 1 aromatic carbocycles. The summed E-state index contributed by atoms with van der Waals surface area (Å²) in [4.78, 5) is 12.4.